The first-order valence-corrected chi connectivity index (χ1v) is 7.92. The van der Waals surface area contributed by atoms with E-state index < -0.39 is 5.60 Å². The van der Waals surface area contributed by atoms with E-state index in [0.717, 1.165) is 18.5 Å². The maximum Gasteiger partial charge on any atom is 0.222 e. The first kappa shape index (κ1) is 15.2. The van der Waals surface area contributed by atoms with E-state index in [4.69, 9.17) is 0 Å². The van der Waals surface area contributed by atoms with Crippen molar-refractivity contribution >= 4 is 11.7 Å². The number of carbonyl (C=O) groups excluding carboxylic acids is 2. The summed E-state index contributed by atoms with van der Waals surface area (Å²) in [6.07, 6.45) is 4.99. The van der Waals surface area contributed by atoms with E-state index in [1.54, 1.807) is 11.1 Å². The molecular formula is C17H22N2O3. The van der Waals surface area contributed by atoms with E-state index in [1.165, 1.54) is 0 Å². The van der Waals surface area contributed by atoms with Crippen LogP contribution in [0, 0.1) is 0 Å². The van der Waals surface area contributed by atoms with Gasteiger partial charge >= 0.3 is 0 Å². The SMILES string of the molecule is CN1CCC(c2ccc(C3(O)CCC(=O)CC3)nc2)CC1=O. The van der Waals surface area contributed by atoms with Crippen LogP contribution in [0.15, 0.2) is 18.3 Å². The van der Waals surface area contributed by atoms with E-state index >= 15 is 0 Å². The number of amides is 1. The lowest BCUT2D eigenvalue weighted by atomic mass is 9.81. The van der Waals surface area contributed by atoms with Crippen LogP contribution >= 0.6 is 0 Å². The lowest BCUT2D eigenvalue weighted by Gasteiger charge is -2.32. The van der Waals surface area contributed by atoms with Crippen LogP contribution in [-0.2, 0) is 15.2 Å². The number of hydrogen-bond acceptors (Lipinski definition) is 4. The third-order valence-corrected chi connectivity index (χ3v) is 5.03. The van der Waals surface area contributed by atoms with E-state index in [-0.39, 0.29) is 17.6 Å². The lowest BCUT2D eigenvalue weighted by Crippen LogP contribution is -2.35. The molecule has 1 aromatic rings. The van der Waals surface area contributed by atoms with Gasteiger partial charge in [-0.25, -0.2) is 0 Å². The number of piperidine rings is 1. The van der Waals surface area contributed by atoms with Crippen LogP contribution < -0.4 is 0 Å². The first-order valence-electron chi connectivity index (χ1n) is 7.92. The van der Waals surface area contributed by atoms with Crippen molar-refractivity contribution in [2.75, 3.05) is 13.6 Å². The van der Waals surface area contributed by atoms with Crippen molar-refractivity contribution in [3.8, 4) is 0 Å². The van der Waals surface area contributed by atoms with Crippen LogP contribution in [0.1, 0.15) is 55.7 Å². The summed E-state index contributed by atoms with van der Waals surface area (Å²) in [6.45, 7) is 0.775. The van der Waals surface area contributed by atoms with Crippen LogP contribution in [-0.4, -0.2) is 40.3 Å². The van der Waals surface area contributed by atoms with Crippen molar-refractivity contribution < 1.29 is 14.7 Å². The van der Waals surface area contributed by atoms with E-state index in [9.17, 15) is 14.7 Å². The number of Topliss-reactive ketones (excluding diaryl/α,β-unsaturated/α-hetero) is 1. The molecular weight excluding hydrogens is 280 g/mol. The topological polar surface area (TPSA) is 70.5 Å². The Bertz CT molecular complexity index is 572. The monoisotopic (exact) mass is 302 g/mol. The molecule has 1 aliphatic heterocycles. The second-order valence-corrected chi connectivity index (χ2v) is 6.55. The van der Waals surface area contributed by atoms with Gasteiger partial charge in [0.25, 0.3) is 0 Å². The Morgan fingerprint density at radius 1 is 1.27 bits per heavy atom. The second kappa shape index (κ2) is 5.80. The third kappa shape index (κ3) is 2.90. The van der Waals surface area contributed by atoms with Crippen LogP contribution in [0.25, 0.3) is 0 Å². The average molecular weight is 302 g/mol. The van der Waals surface area contributed by atoms with Gasteiger partial charge in [0, 0.05) is 39.1 Å². The van der Waals surface area contributed by atoms with Crippen molar-refractivity contribution in [2.24, 2.45) is 0 Å². The number of aromatic nitrogens is 1. The third-order valence-electron chi connectivity index (χ3n) is 5.03. The standard InChI is InChI=1S/C17H22N2O3/c1-19-9-6-12(10-16(19)21)13-2-3-15(18-11-13)17(22)7-4-14(20)5-8-17/h2-3,11-12,22H,4-10H2,1H3. The van der Waals surface area contributed by atoms with Gasteiger partial charge in [0.1, 0.15) is 11.4 Å². The molecule has 1 saturated heterocycles. The molecule has 22 heavy (non-hydrogen) atoms. The summed E-state index contributed by atoms with van der Waals surface area (Å²) in [4.78, 5) is 29.3. The zero-order chi connectivity index (χ0) is 15.7. The fraction of sp³-hybridized carbons (Fsp3) is 0.588. The Morgan fingerprint density at radius 2 is 2.00 bits per heavy atom. The minimum Gasteiger partial charge on any atom is -0.384 e. The number of ketones is 1. The normalized spacial score (nSPS) is 25.4. The highest BCUT2D eigenvalue weighted by Crippen LogP contribution is 2.35. The van der Waals surface area contributed by atoms with Crippen molar-refractivity contribution in [3.05, 3.63) is 29.6 Å². The number of nitrogens with zero attached hydrogens (tertiary/aromatic N) is 2. The molecule has 118 valence electrons. The summed E-state index contributed by atoms with van der Waals surface area (Å²) >= 11 is 0. The molecule has 0 aromatic carbocycles. The Labute approximate surface area is 130 Å². The summed E-state index contributed by atoms with van der Waals surface area (Å²) in [5.41, 5.74) is 0.721. The van der Waals surface area contributed by atoms with Crippen molar-refractivity contribution in [1.82, 2.24) is 9.88 Å². The molecule has 1 saturated carbocycles. The molecule has 5 heteroatoms. The van der Waals surface area contributed by atoms with E-state index in [2.05, 4.69) is 4.98 Å². The van der Waals surface area contributed by atoms with Gasteiger partial charge in [-0.1, -0.05) is 6.07 Å². The van der Waals surface area contributed by atoms with Crippen molar-refractivity contribution in [1.29, 1.82) is 0 Å². The van der Waals surface area contributed by atoms with Gasteiger partial charge in [-0.3, -0.25) is 14.6 Å². The molecule has 1 unspecified atom stereocenters. The molecule has 2 fully saturated rings. The first-order chi connectivity index (χ1) is 10.5. The minimum absolute atomic E-state index is 0.171. The molecule has 3 rings (SSSR count). The van der Waals surface area contributed by atoms with Gasteiger partial charge in [0.2, 0.25) is 5.91 Å². The quantitative estimate of drug-likeness (QED) is 0.903. The van der Waals surface area contributed by atoms with Crippen molar-refractivity contribution in [3.63, 3.8) is 0 Å². The van der Waals surface area contributed by atoms with Gasteiger partial charge in [-0.15, -0.1) is 0 Å². The molecule has 0 radical (unpaired) electrons. The number of likely N-dealkylation sites (tertiary alicyclic amines) is 1. The molecule has 1 aliphatic carbocycles. The average Bonchev–Trinajstić information content (AvgIpc) is 2.53. The predicted molar refractivity (Wildman–Crippen MR) is 81.2 cm³/mol. The highest BCUT2D eigenvalue weighted by Gasteiger charge is 2.35. The summed E-state index contributed by atoms with van der Waals surface area (Å²) in [7, 11) is 1.83. The van der Waals surface area contributed by atoms with Crippen LogP contribution in [0.3, 0.4) is 0 Å². The zero-order valence-corrected chi connectivity index (χ0v) is 12.9. The number of rotatable bonds is 2. The highest BCUT2D eigenvalue weighted by atomic mass is 16.3. The second-order valence-electron chi connectivity index (χ2n) is 6.55. The summed E-state index contributed by atoms with van der Waals surface area (Å²) < 4.78 is 0. The molecule has 2 aliphatic rings. The number of aliphatic hydroxyl groups is 1. The fourth-order valence-corrected chi connectivity index (χ4v) is 3.35. The van der Waals surface area contributed by atoms with Gasteiger partial charge in [-0.2, -0.15) is 0 Å². The van der Waals surface area contributed by atoms with Gasteiger partial charge in [0.15, 0.2) is 0 Å². The van der Waals surface area contributed by atoms with Gasteiger partial charge in [-0.05, 0) is 36.8 Å². The molecule has 1 amide bonds. The number of pyridine rings is 1. The Kier molecular flexibility index (Phi) is 4.00. The smallest absolute Gasteiger partial charge is 0.222 e. The molecule has 1 N–H and O–H groups in total. The van der Waals surface area contributed by atoms with Gasteiger partial charge in [0.05, 0.1) is 5.69 Å². The van der Waals surface area contributed by atoms with E-state index in [0.29, 0.717) is 37.8 Å². The van der Waals surface area contributed by atoms with Crippen LogP contribution in [0.5, 0.6) is 0 Å². The maximum absolute atomic E-state index is 11.8. The largest absolute Gasteiger partial charge is 0.384 e. The molecule has 2 heterocycles. The highest BCUT2D eigenvalue weighted by molar-refractivity contribution is 5.79. The summed E-state index contributed by atoms with van der Waals surface area (Å²) in [5, 5.41) is 10.7. The maximum atomic E-state index is 11.8. The molecule has 1 aromatic heterocycles. The van der Waals surface area contributed by atoms with Gasteiger partial charge < -0.3 is 10.0 Å². The lowest BCUT2D eigenvalue weighted by molar-refractivity contribution is -0.132. The van der Waals surface area contributed by atoms with E-state index in [1.807, 2.05) is 19.2 Å². The Morgan fingerprint density at radius 3 is 2.59 bits per heavy atom. The minimum atomic E-state index is -0.977. The molecule has 5 nitrogen and oxygen atoms in total. The summed E-state index contributed by atoms with van der Waals surface area (Å²) in [5.74, 6) is 0.601. The summed E-state index contributed by atoms with van der Waals surface area (Å²) in [6, 6.07) is 3.83. The molecule has 0 bridgehead atoms. The molecule has 1 atom stereocenters. The molecule has 0 spiro atoms. The Hall–Kier alpha value is -1.75. The van der Waals surface area contributed by atoms with Crippen LogP contribution in [0.2, 0.25) is 0 Å². The fourth-order valence-electron chi connectivity index (χ4n) is 3.35. The number of carbonyl (C=O) groups is 2. The number of hydrogen-bond donors (Lipinski definition) is 1. The van der Waals surface area contributed by atoms with Crippen molar-refractivity contribution in [2.45, 2.75) is 50.0 Å². The zero-order valence-electron chi connectivity index (χ0n) is 12.9. The Balaban J connectivity index is 1.73. The van der Waals surface area contributed by atoms with Crippen LogP contribution in [0.4, 0.5) is 0 Å². The predicted octanol–water partition coefficient (Wildman–Crippen LogP) is 1.75.